The number of amides is 1. The van der Waals surface area contributed by atoms with E-state index in [1.807, 2.05) is 0 Å². The Hall–Kier alpha value is -1.09. The molecule has 1 aliphatic rings. The fraction of sp³-hybridized carbons (Fsp3) is 0.286. The van der Waals surface area contributed by atoms with Crippen LogP contribution in [-0.2, 0) is 4.79 Å². The number of carbonyl (C=O) groups is 1. The van der Waals surface area contributed by atoms with Crippen LogP contribution in [0.2, 0.25) is 0 Å². The Morgan fingerprint density at radius 2 is 2.60 bits per heavy atom. The van der Waals surface area contributed by atoms with E-state index in [0.29, 0.717) is 6.54 Å². The first kappa shape index (κ1) is 7.02. The summed E-state index contributed by atoms with van der Waals surface area (Å²) in [6.07, 6.45) is 3.62. The zero-order valence-electron chi connectivity index (χ0n) is 5.53. The second kappa shape index (κ2) is 2.66. The predicted molar refractivity (Wildman–Crippen MR) is 37.1 cm³/mol. The van der Waals surface area contributed by atoms with Gasteiger partial charge in [0.1, 0.15) is 6.23 Å². The second-order valence-corrected chi connectivity index (χ2v) is 2.04. The molecule has 0 saturated heterocycles. The topological polar surface area (TPSA) is 40.5 Å². The van der Waals surface area contributed by atoms with E-state index in [9.17, 15) is 4.79 Å². The first-order valence-corrected chi connectivity index (χ1v) is 3.03. The lowest BCUT2D eigenvalue weighted by molar-refractivity contribution is -0.130. The maximum absolute atomic E-state index is 10.8. The molecule has 0 aromatic rings. The number of hydrogen-bond donors (Lipinski definition) is 1. The summed E-state index contributed by atoms with van der Waals surface area (Å²) in [7, 11) is 0. The molecule has 1 heterocycles. The normalized spacial score (nSPS) is 19.7. The highest BCUT2D eigenvalue weighted by atomic mass is 16.3. The molecule has 1 atom stereocenters. The molecule has 1 aliphatic heterocycles. The standard InChI is InChI=1S/C7H9NO2/c1-2-6(9)8-5-3-4-7(8)10/h2-4,6,9H,1,5H2. The van der Waals surface area contributed by atoms with Crippen molar-refractivity contribution in [3.05, 3.63) is 24.8 Å². The number of aliphatic hydroxyl groups is 1. The Kier molecular flexibility index (Phi) is 1.87. The minimum Gasteiger partial charge on any atom is -0.370 e. The molecule has 1 amide bonds. The van der Waals surface area contributed by atoms with Crippen molar-refractivity contribution in [1.29, 1.82) is 0 Å². The summed E-state index contributed by atoms with van der Waals surface area (Å²) >= 11 is 0. The lowest BCUT2D eigenvalue weighted by Crippen LogP contribution is -2.34. The minimum absolute atomic E-state index is 0.160. The van der Waals surface area contributed by atoms with Crippen molar-refractivity contribution in [1.82, 2.24) is 4.90 Å². The van der Waals surface area contributed by atoms with Crippen LogP contribution < -0.4 is 0 Å². The van der Waals surface area contributed by atoms with Gasteiger partial charge in [-0.1, -0.05) is 12.7 Å². The van der Waals surface area contributed by atoms with Gasteiger partial charge in [0.05, 0.1) is 0 Å². The molecule has 0 fully saturated rings. The summed E-state index contributed by atoms with van der Waals surface area (Å²) in [5.74, 6) is -0.160. The van der Waals surface area contributed by atoms with Crippen LogP contribution in [0.5, 0.6) is 0 Å². The fourth-order valence-electron chi connectivity index (χ4n) is 0.818. The van der Waals surface area contributed by atoms with Crippen molar-refractivity contribution in [2.45, 2.75) is 6.23 Å². The van der Waals surface area contributed by atoms with E-state index in [-0.39, 0.29) is 5.91 Å². The molecule has 0 aromatic carbocycles. The Morgan fingerprint density at radius 3 is 3.00 bits per heavy atom. The number of aliphatic hydroxyl groups excluding tert-OH is 1. The molecule has 54 valence electrons. The van der Waals surface area contributed by atoms with Crippen LogP contribution in [-0.4, -0.2) is 28.7 Å². The van der Waals surface area contributed by atoms with Crippen LogP contribution in [0.25, 0.3) is 0 Å². The third kappa shape index (κ3) is 1.09. The number of rotatable bonds is 2. The fourth-order valence-corrected chi connectivity index (χ4v) is 0.818. The molecule has 1 unspecified atom stereocenters. The van der Waals surface area contributed by atoms with Gasteiger partial charge >= 0.3 is 0 Å². The van der Waals surface area contributed by atoms with Crippen LogP contribution in [0.3, 0.4) is 0 Å². The molecule has 1 rings (SSSR count). The van der Waals surface area contributed by atoms with E-state index in [0.717, 1.165) is 0 Å². The molecule has 0 saturated carbocycles. The predicted octanol–water partition coefficient (Wildman–Crippen LogP) is -0.111. The summed E-state index contributed by atoms with van der Waals surface area (Å²) in [5.41, 5.74) is 0. The van der Waals surface area contributed by atoms with E-state index < -0.39 is 6.23 Å². The SMILES string of the molecule is C=CC(O)N1CC=CC1=O. The van der Waals surface area contributed by atoms with E-state index in [1.54, 1.807) is 6.08 Å². The average molecular weight is 139 g/mol. The van der Waals surface area contributed by atoms with Crippen molar-refractivity contribution in [3.8, 4) is 0 Å². The Balaban J connectivity index is 2.59. The smallest absolute Gasteiger partial charge is 0.248 e. The molecular formula is C7H9NO2. The van der Waals surface area contributed by atoms with Gasteiger partial charge in [0.2, 0.25) is 5.91 Å². The third-order valence-corrected chi connectivity index (χ3v) is 1.38. The van der Waals surface area contributed by atoms with Gasteiger partial charge in [0.25, 0.3) is 0 Å². The summed E-state index contributed by atoms with van der Waals surface area (Å²) in [6, 6.07) is 0. The van der Waals surface area contributed by atoms with Crippen LogP contribution in [0.4, 0.5) is 0 Å². The second-order valence-electron chi connectivity index (χ2n) is 2.04. The monoisotopic (exact) mass is 139 g/mol. The van der Waals surface area contributed by atoms with Gasteiger partial charge in [-0.2, -0.15) is 0 Å². The largest absolute Gasteiger partial charge is 0.370 e. The van der Waals surface area contributed by atoms with E-state index in [4.69, 9.17) is 5.11 Å². The maximum atomic E-state index is 10.8. The van der Waals surface area contributed by atoms with E-state index >= 15 is 0 Å². The van der Waals surface area contributed by atoms with Crippen molar-refractivity contribution < 1.29 is 9.90 Å². The quantitative estimate of drug-likeness (QED) is 0.542. The van der Waals surface area contributed by atoms with Crippen molar-refractivity contribution in [2.75, 3.05) is 6.54 Å². The minimum atomic E-state index is -0.845. The molecule has 3 nitrogen and oxygen atoms in total. The van der Waals surface area contributed by atoms with Gasteiger partial charge in [-0.3, -0.25) is 4.79 Å². The molecule has 0 bridgehead atoms. The lowest BCUT2D eigenvalue weighted by atomic mass is 10.4. The van der Waals surface area contributed by atoms with Gasteiger partial charge < -0.3 is 10.0 Å². The molecule has 0 spiro atoms. The van der Waals surface area contributed by atoms with Gasteiger partial charge in [-0.25, -0.2) is 0 Å². The first-order valence-electron chi connectivity index (χ1n) is 3.03. The van der Waals surface area contributed by atoms with Gasteiger partial charge in [-0.05, 0) is 6.08 Å². The zero-order valence-corrected chi connectivity index (χ0v) is 5.53. The Bertz CT molecular complexity index is 186. The highest BCUT2D eigenvalue weighted by Gasteiger charge is 2.19. The van der Waals surface area contributed by atoms with Crippen molar-refractivity contribution >= 4 is 5.91 Å². The number of hydrogen-bond acceptors (Lipinski definition) is 2. The maximum Gasteiger partial charge on any atom is 0.248 e. The molecule has 10 heavy (non-hydrogen) atoms. The van der Waals surface area contributed by atoms with E-state index in [2.05, 4.69) is 6.58 Å². The molecular weight excluding hydrogens is 130 g/mol. The molecule has 0 radical (unpaired) electrons. The molecule has 0 aromatic heterocycles. The summed E-state index contributed by atoms with van der Waals surface area (Å²) in [4.78, 5) is 12.1. The lowest BCUT2D eigenvalue weighted by Gasteiger charge is -2.18. The summed E-state index contributed by atoms with van der Waals surface area (Å²) in [6.45, 7) is 3.85. The summed E-state index contributed by atoms with van der Waals surface area (Å²) in [5, 5.41) is 9.08. The van der Waals surface area contributed by atoms with Crippen molar-refractivity contribution in [3.63, 3.8) is 0 Å². The molecule has 1 N–H and O–H groups in total. The van der Waals surface area contributed by atoms with Gasteiger partial charge in [0, 0.05) is 12.6 Å². The Labute approximate surface area is 59.3 Å². The van der Waals surface area contributed by atoms with Gasteiger partial charge in [-0.15, -0.1) is 0 Å². The number of carbonyl (C=O) groups excluding carboxylic acids is 1. The van der Waals surface area contributed by atoms with Crippen molar-refractivity contribution in [2.24, 2.45) is 0 Å². The van der Waals surface area contributed by atoms with Crippen LogP contribution >= 0.6 is 0 Å². The van der Waals surface area contributed by atoms with Crippen LogP contribution in [0, 0.1) is 0 Å². The number of nitrogens with zero attached hydrogens (tertiary/aromatic N) is 1. The summed E-state index contributed by atoms with van der Waals surface area (Å²) < 4.78 is 0. The van der Waals surface area contributed by atoms with Gasteiger partial charge in [0.15, 0.2) is 0 Å². The average Bonchev–Trinajstić information content (AvgIpc) is 2.34. The first-order chi connectivity index (χ1) is 4.75. The van der Waals surface area contributed by atoms with Crippen LogP contribution in [0.1, 0.15) is 0 Å². The van der Waals surface area contributed by atoms with E-state index in [1.165, 1.54) is 17.1 Å². The van der Waals surface area contributed by atoms with Crippen LogP contribution in [0.15, 0.2) is 24.8 Å². The highest BCUT2D eigenvalue weighted by Crippen LogP contribution is 2.04. The Morgan fingerprint density at radius 1 is 1.90 bits per heavy atom. The zero-order chi connectivity index (χ0) is 7.56. The molecule has 3 heteroatoms. The molecule has 0 aliphatic carbocycles. The third-order valence-electron chi connectivity index (χ3n) is 1.38. The highest BCUT2D eigenvalue weighted by molar-refractivity contribution is 5.90.